The van der Waals surface area contributed by atoms with Crippen LogP contribution in [0.3, 0.4) is 0 Å². The molecule has 0 spiro atoms. The number of rotatable bonds is 10. The Kier molecular flexibility index (Phi) is 9.03. The summed E-state index contributed by atoms with van der Waals surface area (Å²) in [4.78, 5) is 27.9. The molecule has 172 valence electrons. The minimum Gasteiger partial charge on any atom is -0.497 e. The lowest BCUT2D eigenvalue weighted by Crippen LogP contribution is -2.50. The summed E-state index contributed by atoms with van der Waals surface area (Å²) in [5, 5.41) is 3.16. The Morgan fingerprint density at radius 3 is 2.47 bits per heavy atom. The zero-order chi connectivity index (χ0) is 22.9. The summed E-state index contributed by atoms with van der Waals surface area (Å²) < 4.78 is 5.20. The molecule has 1 fully saturated rings. The van der Waals surface area contributed by atoms with Gasteiger partial charge < -0.3 is 15.0 Å². The molecule has 0 radical (unpaired) electrons. The van der Waals surface area contributed by atoms with Gasteiger partial charge in [-0.1, -0.05) is 49.2 Å². The van der Waals surface area contributed by atoms with E-state index in [1.54, 1.807) is 23.8 Å². The number of hydrogen-bond acceptors (Lipinski definition) is 4. The molecule has 5 nitrogen and oxygen atoms in total. The second-order valence-corrected chi connectivity index (χ2v) is 9.44. The molecule has 1 aliphatic carbocycles. The van der Waals surface area contributed by atoms with Gasteiger partial charge in [-0.25, -0.2) is 0 Å². The maximum Gasteiger partial charge on any atom is 0.242 e. The molecule has 32 heavy (non-hydrogen) atoms. The molecule has 0 bridgehead atoms. The Labute approximate surface area is 195 Å². The van der Waals surface area contributed by atoms with Gasteiger partial charge in [-0.2, -0.15) is 0 Å². The summed E-state index contributed by atoms with van der Waals surface area (Å²) >= 11 is 1.57. The van der Waals surface area contributed by atoms with Crippen LogP contribution in [0.25, 0.3) is 0 Å². The van der Waals surface area contributed by atoms with Crippen LogP contribution in [-0.4, -0.2) is 41.7 Å². The summed E-state index contributed by atoms with van der Waals surface area (Å²) in [7, 11) is 1.65. The van der Waals surface area contributed by atoms with Crippen LogP contribution in [0, 0.1) is 6.92 Å². The second kappa shape index (κ2) is 12.0. The number of nitrogens with zero attached hydrogens (tertiary/aromatic N) is 1. The van der Waals surface area contributed by atoms with Gasteiger partial charge in [0.25, 0.3) is 0 Å². The molecule has 6 heteroatoms. The van der Waals surface area contributed by atoms with Crippen molar-refractivity contribution >= 4 is 23.6 Å². The fraction of sp³-hybridized carbons (Fsp3) is 0.462. The van der Waals surface area contributed by atoms with Gasteiger partial charge in [0.1, 0.15) is 11.8 Å². The number of methoxy groups -OCH3 is 1. The highest BCUT2D eigenvalue weighted by atomic mass is 32.2. The Morgan fingerprint density at radius 2 is 1.81 bits per heavy atom. The number of ether oxygens (including phenoxy) is 1. The fourth-order valence-electron chi connectivity index (χ4n) is 4.01. The first-order valence-corrected chi connectivity index (χ1v) is 12.5. The van der Waals surface area contributed by atoms with Crippen molar-refractivity contribution in [1.82, 2.24) is 10.2 Å². The molecule has 1 atom stereocenters. The molecule has 2 aromatic carbocycles. The van der Waals surface area contributed by atoms with E-state index in [1.807, 2.05) is 62.4 Å². The third-order valence-corrected chi connectivity index (χ3v) is 7.11. The normalized spacial score (nSPS) is 14.7. The van der Waals surface area contributed by atoms with Crippen molar-refractivity contribution in [1.29, 1.82) is 0 Å². The van der Waals surface area contributed by atoms with Crippen molar-refractivity contribution in [2.75, 3.05) is 12.9 Å². The lowest BCUT2D eigenvalue weighted by molar-refractivity contribution is -0.139. The van der Waals surface area contributed by atoms with E-state index in [1.165, 1.54) is 0 Å². The van der Waals surface area contributed by atoms with Gasteiger partial charge in [0.2, 0.25) is 11.8 Å². The number of hydrogen-bond donors (Lipinski definition) is 1. The minimum atomic E-state index is -0.510. The van der Waals surface area contributed by atoms with Crippen molar-refractivity contribution in [3.05, 3.63) is 65.2 Å². The molecule has 0 unspecified atom stereocenters. The number of aryl methyl sites for hydroxylation is 1. The first-order valence-electron chi connectivity index (χ1n) is 11.3. The van der Waals surface area contributed by atoms with E-state index < -0.39 is 6.04 Å². The van der Waals surface area contributed by atoms with Gasteiger partial charge in [-0.05, 0) is 55.5 Å². The molecule has 2 aromatic rings. The quantitative estimate of drug-likeness (QED) is 0.565. The van der Waals surface area contributed by atoms with E-state index >= 15 is 0 Å². The van der Waals surface area contributed by atoms with Crippen molar-refractivity contribution in [2.24, 2.45) is 0 Å². The number of thioether (sulfide) groups is 1. The molecular formula is C26H34N2O3S. The van der Waals surface area contributed by atoms with E-state index in [4.69, 9.17) is 4.74 Å². The number of amides is 2. The van der Waals surface area contributed by atoms with E-state index in [0.717, 1.165) is 53.9 Å². The lowest BCUT2D eigenvalue weighted by Gasteiger charge is -2.30. The van der Waals surface area contributed by atoms with Crippen LogP contribution in [-0.2, 0) is 21.9 Å². The summed E-state index contributed by atoms with van der Waals surface area (Å²) in [6, 6.07) is 15.7. The number of carbonyl (C=O) groups is 2. The van der Waals surface area contributed by atoms with Gasteiger partial charge in [0, 0.05) is 18.3 Å². The molecule has 0 aliphatic heterocycles. The Bertz CT molecular complexity index is 894. The van der Waals surface area contributed by atoms with Crippen LogP contribution < -0.4 is 10.1 Å². The topological polar surface area (TPSA) is 58.6 Å². The van der Waals surface area contributed by atoms with Crippen LogP contribution in [0.2, 0.25) is 0 Å². The van der Waals surface area contributed by atoms with Gasteiger partial charge in [-0.15, -0.1) is 11.8 Å². The van der Waals surface area contributed by atoms with Crippen LogP contribution in [0.4, 0.5) is 0 Å². The van der Waals surface area contributed by atoms with Crippen LogP contribution in [0.5, 0.6) is 5.75 Å². The summed E-state index contributed by atoms with van der Waals surface area (Å²) in [5.41, 5.74) is 3.34. The first-order chi connectivity index (χ1) is 15.5. The monoisotopic (exact) mass is 454 g/mol. The summed E-state index contributed by atoms with van der Waals surface area (Å²) in [6.07, 6.45) is 4.38. The zero-order valence-electron chi connectivity index (χ0n) is 19.3. The van der Waals surface area contributed by atoms with E-state index in [9.17, 15) is 9.59 Å². The van der Waals surface area contributed by atoms with Crippen molar-refractivity contribution in [2.45, 2.75) is 63.9 Å². The highest BCUT2D eigenvalue weighted by Crippen LogP contribution is 2.21. The minimum absolute atomic E-state index is 0.0131. The molecule has 1 saturated carbocycles. The predicted octanol–water partition coefficient (Wildman–Crippen LogP) is 4.71. The van der Waals surface area contributed by atoms with E-state index in [2.05, 4.69) is 5.32 Å². The van der Waals surface area contributed by atoms with E-state index in [-0.39, 0.29) is 17.9 Å². The largest absolute Gasteiger partial charge is 0.497 e. The molecule has 0 heterocycles. The standard InChI is InChI=1S/C26H34N2O3S/c1-19-8-4-5-9-22(19)16-28(20(2)26(30)27-23-10-6-7-11-23)25(29)18-32-17-21-12-14-24(31-3)15-13-21/h4-5,8-9,12-15,20,23H,6-7,10-11,16-18H2,1-3H3,(H,27,30)/t20-/m1/s1. The van der Waals surface area contributed by atoms with Gasteiger partial charge >= 0.3 is 0 Å². The summed E-state index contributed by atoms with van der Waals surface area (Å²) in [6.45, 7) is 4.32. The SMILES string of the molecule is COc1ccc(CSCC(=O)N(Cc2ccccc2C)[C@H](C)C(=O)NC2CCCC2)cc1. The van der Waals surface area contributed by atoms with Crippen molar-refractivity contribution in [3.8, 4) is 5.75 Å². The smallest absolute Gasteiger partial charge is 0.242 e. The lowest BCUT2D eigenvalue weighted by atomic mass is 10.1. The Balaban J connectivity index is 1.64. The average molecular weight is 455 g/mol. The second-order valence-electron chi connectivity index (χ2n) is 8.45. The number of benzene rings is 2. The molecule has 0 saturated heterocycles. The van der Waals surface area contributed by atoms with E-state index in [0.29, 0.717) is 12.3 Å². The van der Waals surface area contributed by atoms with Crippen LogP contribution in [0.15, 0.2) is 48.5 Å². The highest BCUT2D eigenvalue weighted by molar-refractivity contribution is 7.99. The number of nitrogens with one attached hydrogen (secondary N) is 1. The fourth-order valence-corrected chi connectivity index (χ4v) is 4.88. The van der Waals surface area contributed by atoms with Crippen molar-refractivity contribution < 1.29 is 14.3 Å². The third kappa shape index (κ3) is 6.76. The number of carbonyl (C=O) groups excluding carboxylic acids is 2. The summed E-state index contributed by atoms with van der Waals surface area (Å²) in [5.74, 6) is 1.82. The molecule has 2 amide bonds. The van der Waals surface area contributed by atoms with Crippen molar-refractivity contribution in [3.63, 3.8) is 0 Å². The maximum atomic E-state index is 13.2. The Hall–Kier alpha value is -2.47. The highest BCUT2D eigenvalue weighted by Gasteiger charge is 2.28. The third-order valence-electron chi connectivity index (χ3n) is 6.12. The maximum absolute atomic E-state index is 13.2. The molecule has 3 rings (SSSR count). The molecule has 0 aromatic heterocycles. The average Bonchev–Trinajstić information content (AvgIpc) is 3.31. The molecule has 1 aliphatic rings. The van der Waals surface area contributed by atoms with Crippen LogP contribution in [0.1, 0.15) is 49.3 Å². The van der Waals surface area contributed by atoms with Gasteiger partial charge in [0.15, 0.2) is 0 Å². The van der Waals surface area contributed by atoms with Crippen LogP contribution >= 0.6 is 11.8 Å². The zero-order valence-corrected chi connectivity index (χ0v) is 20.1. The first kappa shape index (κ1) is 24.2. The van der Waals surface area contributed by atoms with Gasteiger partial charge in [0.05, 0.1) is 12.9 Å². The predicted molar refractivity (Wildman–Crippen MR) is 131 cm³/mol. The molecular weight excluding hydrogens is 420 g/mol. The Morgan fingerprint density at radius 1 is 1.12 bits per heavy atom. The van der Waals surface area contributed by atoms with Gasteiger partial charge in [-0.3, -0.25) is 9.59 Å². The molecule has 1 N–H and O–H groups in total.